The van der Waals surface area contributed by atoms with Crippen molar-refractivity contribution in [3.8, 4) is 0 Å². The summed E-state index contributed by atoms with van der Waals surface area (Å²) in [6.07, 6.45) is -0.0263. The molecule has 0 saturated carbocycles. The van der Waals surface area contributed by atoms with Gasteiger partial charge in [-0.2, -0.15) is 0 Å². The fourth-order valence-electron chi connectivity index (χ4n) is 1.66. The lowest BCUT2D eigenvalue weighted by Crippen LogP contribution is -2.06. The summed E-state index contributed by atoms with van der Waals surface area (Å²) in [5.41, 5.74) is 0.728. The zero-order chi connectivity index (χ0) is 14.0. The van der Waals surface area contributed by atoms with Crippen LogP contribution in [0.4, 0.5) is 4.39 Å². The number of hydrogen-bond acceptors (Lipinski definition) is 1. The van der Waals surface area contributed by atoms with Gasteiger partial charge in [-0.3, -0.25) is 4.79 Å². The van der Waals surface area contributed by atoms with Crippen LogP contribution in [0.5, 0.6) is 0 Å². The van der Waals surface area contributed by atoms with Crippen LogP contribution < -0.4 is 0 Å². The van der Waals surface area contributed by atoms with Crippen LogP contribution in [0.2, 0.25) is 5.02 Å². The Morgan fingerprint density at radius 2 is 1.74 bits per heavy atom. The number of hydrogen-bond donors (Lipinski definition) is 0. The van der Waals surface area contributed by atoms with Gasteiger partial charge in [0.25, 0.3) is 0 Å². The van der Waals surface area contributed by atoms with Crippen molar-refractivity contribution in [3.05, 3.63) is 67.3 Å². The Morgan fingerprint density at radius 1 is 1.11 bits per heavy atom. The number of halogens is 4. The van der Waals surface area contributed by atoms with Crippen LogP contribution in [0.25, 0.3) is 0 Å². The van der Waals surface area contributed by atoms with E-state index in [1.165, 1.54) is 6.07 Å². The van der Waals surface area contributed by atoms with Crippen LogP contribution in [-0.4, -0.2) is 5.78 Å². The molecule has 2 rings (SSSR count). The molecule has 5 heteroatoms. The molecule has 0 heterocycles. The molecule has 0 amide bonds. The molecule has 0 aliphatic rings. The predicted molar refractivity (Wildman–Crippen MR) is 81.3 cm³/mol. The number of carbonyl (C=O) groups excluding carboxylic acids is 1. The second kappa shape index (κ2) is 6.16. The molecule has 0 aliphatic heterocycles. The van der Waals surface area contributed by atoms with Crippen molar-refractivity contribution in [3.63, 3.8) is 0 Å². The van der Waals surface area contributed by atoms with Gasteiger partial charge in [0, 0.05) is 20.9 Å². The molecular weight excluding hydrogens is 398 g/mol. The molecule has 98 valence electrons. The Morgan fingerprint density at radius 3 is 2.47 bits per heavy atom. The largest absolute Gasteiger partial charge is 0.294 e. The number of Topliss-reactive ketones (excluding diaryl/α,β-unsaturated/α-hetero) is 1. The van der Waals surface area contributed by atoms with Crippen molar-refractivity contribution in [1.29, 1.82) is 0 Å². The first-order chi connectivity index (χ1) is 8.97. The molecule has 0 radical (unpaired) electrons. The van der Waals surface area contributed by atoms with Gasteiger partial charge in [-0.1, -0.05) is 43.5 Å². The minimum Gasteiger partial charge on any atom is -0.294 e. The summed E-state index contributed by atoms with van der Waals surface area (Å²) >= 11 is 12.5. The Kier molecular flexibility index (Phi) is 4.76. The van der Waals surface area contributed by atoms with E-state index >= 15 is 0 Å². The molecule has 2 aromatic carbocycles. The molecule has 1 nitrogen and oxygen atoms in total. The highest BCUT2D eigenvalue weighted by Gasteiger charge is 2.14. The van der Waals surface area contributed by atoms with Crippen LogP contribution >= 0.6 is 43.5 Å². The lowest BCUT2D eigenvalue weighted by molar-refractivity contribution is 0.0992. The smallest absolute Gasteiger partial charge is 0.168 e. The number of ketones is 1. The van der Waals surface area contributed by atoms with E-state index in [0.717, 1.165) is 8.95 Å². The maximum absolute atomic E-state index is 13.6. The van der Waals surface area contributed by atoms with Crippen LogP contribution in [0.1, 0.15) is 15.9 Å². The first kappa shape index (κ1) is 14.7. The predicted octanol–water partition coefficient (Wildman–Crippen LogP) is 5.43. The molecule has 19 heavy (non-hydrogen) atoms. The second-order valence-electron chi connectivity index (χ2n) is 3.96. The van der Waals surface area contributed by atoms with E-state index in [9.17, 15) is 9.18 Å². The average molecular weight is 406 g/mol. The molecule has 0 fully saturated rings. The summed E-state index contributed by atoms with van der Waals surface area (Å²) in [5.74, 6) is -0.619. The Hall–Kier alpha value is -0.710. The first-order valence-electron chi connectivity index (χ1n) is 5.39. The lowest BCUT2D eigenvalue weighted by Gasteiger charge is -2.06. The molecule has 0 spiro atoms. The van der Waals surface area contributed by atoms with E-state index in [0.29, 0.717) is 16.1 Å². The van der Waals surface area contributed by atoms with Crippen molar-refractivity contribution in [2.75, 3.05) is 0 Å². The third-order valence-electron chi connectivity index (χ3n) is 2.59. The average Bonchev–Trinajstić information content (AvgIpc) is 2.36. The minimum absolute atomic E-state index is 0.0263. The van der Waals surface area contributed by atoms with Crippen molar-refractivity contribution in [2.24, 2.45) is 0 Å². The van der Waals surface area contributed by atoms with Gasteiger partial charge in [-0.15, -0.1) is 0 Å². The number of carbonyl (C=O) groups is 1. The van der Waals surface area contributed by atoms with Gasteiger partial charge in [0.05, 0.1) is 5.02 Å². The minimum atomic E-state index is -0.400. The van der Waals surface area contributed by atoms with E-state index in [1.807, 2.05) is 0 Å². The van der Waals surface area contributed by atoms with E-state index in [-0.39, 0.29) is 12.2 Å². The van der Waals surface area contributed by atoms with Crippen molar-refractivity contribution < 1.29 is 9.18 Å². The summed E-state index contributed by atoms with van der Waals surface area (Å²) in [6, 6.07) is 9.54. The summed E-state index contributed by atoms with van der Waals surface area (Å²) in [6.45, 7) is 0. The van der Waals surface area contributed by atoms with Gasteiger partial charge >= 0.3 is 0 Å². The standard InChI is InChI=1S/C14H8Br2ClFO/c15-9-2-4-13(18)8(5-9)6-14(19)11-7-10(16)1-3-12(11)17/h1-5,7H,6H2. The summed E-state index contributed by atoms with van der Waals surface area (Å²) in [4.78, 5) is 12.2. The molecular formula is C14H8Br2ClFO. The Labute approximate surface area is 132 Å². The summed E-state index contributed by atoms with van der Waals surface area (Å²) < 4.78 is 15.1. The number of benzene rings is 2. The zero-order valence-electron chi connectivity index (χ0n) is 9.59. The van der Waals surface area contributed by atoms with E-state index < -0.39 is 5.82 Å². The fourth-order valence-corrected chi connectivity index (χ4v) is 2.65. The normalized spacial score (nSPS) is 10.5. The molecule has 0 aromatic heterocycles. The topological polar surface area (TPSA) is 17.1 Å². The fraction of sp³-hybridized carbons (Fsp3) is 0.0714. The summed E-state index contributed by atoms with van der Waals surface area (Å²) in [5, 5.41) is 0.364. The zero-order valence-corrected chi connectivity index (χ0v) is 13.5. The first-order valence-corrected chi connectivity index (χ1v) is 7.36. The molecule has 0 aliphatic carbocycles. The van der Waals surface area contributed by atoms with Gasteiger partial charge in [0.15, 0.2) is 5.78 Å². The van der Waals surface area contributed by atoms with Gasteiger partial charge < -0.3 is 0 Å². The monoisotopic (exact) mass is 404 g/mol. The molecule has 0 N–H and O–H groups in total. The van der Waals surface area contributed by atoms with Crippen LogP contribution in [0.15, 0.2) is 45.3 Å². The van der Waals surface area contributed by atoms with E-state index in [4.69, 9.17) is 11.6 Å². The molecule has 0 unspecified atom stereocenters. The van der Waals surface area contributed by atoms with Crippen molar-refractivity contribution in [1.82, 2.24) is 0 Å². The molecule has 0 bridgehead atoms. The molecule has 2 aromatic rings. The maximum atomic E-state index is 13.6. The van der Waals surface area contributed by atoms with Crippen molar-refractivity contribution >= 4 is 49.2 Å². The van der Waals surface area contributed by atoms with Crippen LogP contribution in [0.3, 0.4) is 0 Å². The maximum Gasteiger partial charge on any atom is 0.168 e. The van der Waals surface area contributed by atoms with Gasteiger partial charge in [0.2, 0.25) is 0 Å². The third-order valence-corrected chi connectivity index (χ3v) is 3.90. The highest BCUT2D eigenvalue weighted by Crippen LogP contribution is 2.24. The molecule has 0 atom stereocenters. The second-order valence-corrected chi connectivity index (χ2v) is 6.20. The van der Waals surface area contributed by atoms with Crippen molar-refractivity contribution in [2.45, 2.75) is 6.42 Å². The SMILES string of the molecule is O=C(Cc1cc(Br)ccc1F)c1cc(Br)ccc1Cl. The summed E-state index contributed by atoms with van der Waals surface area (Å²) in [7, 11) is 0. The van der Waals surface area contributed by atoms with Gasteiger partial charge in [-0.05, 0) is 42.0 Å². The third kappa shape index (κ3) is 3.65. The van der Waals surface area contributed by atoms with Crippen LogP contribution in [0, 0.1) is 5.82 Å². The molecule has 0 saturated heterocycles. The quantitative estimate of drug-likeness (QED) is 0.621. The van der Waals surface area contributed by atoms with E-state index in [2.05, 4.69) is 31.9 Å². The highest BCUT2D eigenvalue weighted by atomic mass is 79.9. The van der Waals surface area contributed by atoms with E-state index in [1.54, 1.807) is 30.3 Å². The van der Waals surface area contributed by atoms with Gasteiger partial charge in [0.1, 0.15) is 5.82 Å². The Balaban J connectivity index is 2.30. The van der Waals surface area contributed by atoms with Crippen LogP contribution in [-0.2, 0) is 6.42 Å². The van der Waals surface area contributed by atoms with Gasteiger partial charge in [-0.25, -0.2) is 4.39 Å². The number of rotatable bonds is 3. The Bertz CT molecular complexity index is 643. The lowest BCUT2D eigenvalue weighted by atomic mass is 10.0. The highest BCUT2D eigenvalue weighted by molar-refractivity contribution is 9.10.